The van der Waals surface area contributed by atoms with Gasteiger partial charge in [-0.25, -0.2) is 0 Å². The van der Waals surface area contributed by atoms with Gasteiger partial charge in [-0.2, -0.15) is 0 Å². The molecular weight excluding hydrogens is 220 g/mol. The number of halogens is 1. The van der Waals surface area contributed by atoms with Crippen LogP contribution in [0.5, 0.6) is 0 Å². The molecule has 0 fully saturated rings. The van der Waals surface area contributed by atoms with Gasteiger partial charge in [-0.05, 0) is 17.5 Å². The number of fused-ring (bicyclic) bond motifs is 1. The zero-order chi connectivity index (χ0) is 10.1. The van der Waals surface area contributed by atoms with Crippen LogP contribution in [-0.4, -0.2) is 11.4 Å². The molecule has 0 aliphatic rings. The quantitative estimate of drug-likeness (QED) is 0.800. The van der Waals surface area contributed by atoms with Crippen LogP contribution in [0.4, 0.5) is 0 Å². The lowest BCUT2D eigenvalue weighted by Gasteiger charge is -1.96. The Balaban J connectivity index is 2.79. The average Bonchev–Trinajstić information content (AvgIpc) is 2.60. The summed E-state index contributed by atoms with van der Waals surface area (Å²) >= 11 is 7.27. The molecule has 0 unspecified atom stereocenters. The lowest BCUT2D eigenvalue weighted by Crippen LogP contribution is -1.80. The molecule has 1 aromatic heterocycles. The zero-order valence-corrected chi connectivity index (χ0v) is 8.73. The highest BCUT2D eigenvalue weighted by atomic mass is 35.5. The van der Waals surface area contributed by atoms with E-state index in [1.54, 1.807) is 6.07 Å². The van der Waals surface area contributed by atoms with Crippen molar-refractivity contribution in [3.05, 3.63) is 33.7 Å². The molecule has 1 aromatic carbocycles. The molecule has 0 amide bonds. The molecule has 0 saturated carbocycles. The topological polar surface area (TPSA) is 37.3 Å². The van der Waals surface area contributed by atoms with Crippen LogP contribution in [0.2, 0.25) is 5.02 Å². The predicted octanol–water partition coefficient (Wildman–Crippen LogP) is 2.86. The molecular formula is C10H7ClO2S. The molecule has 2 aromatic rings. The monoisotopic (exact) mass is 226 g/mol. The third kappa shape index (κ3) is 1.43. The fourth-order valence-electron chi connectivity index (χ4n) is 1.34. The van der Waals surface area contributed by atoms with Crippen molar-refractivity contribution in [1.29, 1.82) is 0 Å². The molecule has 0 atom stereocenters. The highest BCUT2D eigenvalue weighted by molar-refractivity contribution is 7.19. The van der Waals surface area contributed by atoms with E-state index in [1.807, 2.05) is 12.1 Å². The average molecular weight is 227 g/mol. The van der Waals surface area contributed by atoms with E-state index in [-0.39, 0.29) is 6.61 Å². The Morgan fingerprint density at radius 3 is 2.93 bits per heavy atom. The molecule has 2 nitrogen and oxygen atoms in total. The van der Waals surface area contributed by atoms with Gasteiger partial charge in [0.1, 0.15) is 0 Å². The SMILES string of the molecule is O=Cc1c(Cl)ccc2cc(CO)sc12. The number of benzene rings is 1. The number of hydrogen-bond donors (Lipinski definition) is 1. The number of aliphatic hydroxyl groups excluding tert-OH is 1. The third-order valence-electron chi connectivity index (χ3n) is 2.00. The maximum atomic E-state index is 10.8. The molecule has 0 saturated heterocycles. The van der Waals surface area contributed by atoms with E-state index in [0.29, 0.717) is 10.6 Å². The largest absolute Gasteiger partial charge is 0.391 e. The molecule has 0 bridgehead atoms. The van der Waals surface area contributed by atoms with Gasteiger partial charge in [-0.15, -0.1) is 11.3 Å². The first kappa shape index (κ1) is 9.65. The smallest absolute Gasteiger partial charge is 0.152 e. The van der Waals surface area contributed by atoms with Crippen molar-refractivity contribution in [2.24, 2.45) is 0 Å². The van der Waals surface area contributed by atoms with E-state index >= 15 is 0 Å². The van der Waals surface area contributed by atoms with E-state index in [1.165, 1.54) is 11.3 Å². The van der Waals surface area contributed by atoms with Crippen LogP contribution in [0.1, 0.15) is 15.2 Å². The maximum absolute atomic E-state index is 10.8. The van der Waals surface area contributed by atoms with E-state index in [4.69, 9.17) is 16.7 Å². The van der Waals surface area contributed by atoms with Crippen molar-refractivity contribution in [2.45, 2.75) is 6.61 Å². The maximum Gasteiger partial charge on any atom is 0.152 e. The normalized spacial score (nSPS) is 10.7. The fraction of sp³-hybridized carbons (Fsp3) is 0.100. The number of hydrogen-bond acceptors (Lipinski definition) is 3. The van der Waals surface area contributed by atoms with Crippen LogP contribution < -0.4 is 0 Å². The molecule has 0 aliphatic heterocycles. The summed E-state index contributed by atoms with van der Waals surface area (Å²) in [5.41, 5.74) is 0.508. The number of aldehydes is 1. The summed E-state index contributed by atoms with van der Waals surface area (Å²) < 4.78 is 0.844. The molecule has 1 N–H and O–H groups in total. The van der Waals surface area contributed by atoms with Gasteiger partial charge in [0.2, 0.25) is 0 Å². The Bertz CT molecular complexity index is 490. The van der Waals surface area contributed by atoms with E-state index in [2.05, 4.69) is 0 Å². The molecule has 0 radical (unpaired) electrons. The Morgan fingerprint density at radius 2 is 2.29 bits per heavy atom. The van der Waals surface area contributed by atoms with E-state index < -0.39 is 0 Å². The van der Waals surface area contributed by atoms with Crippen LogP contribution in [0.3, 0.4) is 0 Å². The first-order valence-corrected chi connectivity index (χ1v) is 5.22. The number of rotatable bonds is 2. The summed E-state index contributed by atoms with van der Waals surface area (Å²) in [5.74, 6) is 0. The predicted molar refractivity (Wildman–Crippen MR) is 58.1 cm³/mol. The fourth-order valence-corrected chi connectivity index (χ4v) is 2.63. The Kier molecular flexibility index (Phi) is 2.54. The standard InChI is InChI=1S/C10H7ClO2S/c11-9-2-1-6-3-7(4-12)14-10(6)8(9)5-13/h1-3,5,12H,4H2. The van der Waals surface area contributed by atoms with Gasteiger partial charge < -0.3 is 5.11 Å². The first-order valence-electron chi connectivity index (χ1n) is 4.03. The van der Waals surface area contributed by atoms with Crippen molar-refractivity contribution in [3.63, 3.8) is 0 Å². The summed E-state index contributed by atoms with van der Waals surface area (Å²) in [6.07, 6.45) is 0.752. The molecule has 1 heterocycles. The van der Waals surface area contributed by atoms with Gasteiger partial charge in [-0.1, -0.05) is 17.7 Å². The van der Waals surface area contributed by atoms with Gasteiger partial charge in [0.25, 0.3) is 0 Å². The van der Waals surface area contributed by atoms with Crippen LogP contribution in [0.15, 0.2) is 18.2 Å². The highest BCUT2D eigenvalue weighted by Gasteiger charge is 2.08. The minimum Gasteiger partial charge on any atom is -0.391 e. The van der Waals surface area contributed by atoms with E-state index in [9.17, 15) is 4.79 Å². The van der Waals surface area contributed by atoms with Crippen LogP contribution in [0.25, 0.3) is 10.1 Å². The van der Waals surface area contributed by atoms with Gasteiger partial charge in [0, 0.05) is 9.58 Å². The van der Waals surface area contributed by atoms with Crippen molar-refractivity contribution < 1.29 is 9.90 Å². The number of carbonyl (C=O) groups is 1. The Labute approximate surface area is 89.7 Å². The summed E-state index contributed by atoms with van der Waals surface area (Å²) in [7, 11) is 0. The van der Waals surface area contributed by atoms with Gasteiger partial charge in [0.05, 0.1) is 17.2 Å². The number of thiophene rings is 1. The number of aliphatic hydroxyl groups is 1. The van der Waals surface area contributed by atoms with E-state index in [0.717, 1.165) is 21.2 Å². The molecule has 4 heteroatoms. The van der Waals surface area contributed by atoms with Crippen molar-refractivity contribution >= 4 is 39.3 Å². The van der Waals surface area contributed by atoms with Gasteiger partial charge in [-0.3, -0.25) is 4.79 Å². The molecule has 14 heavy (non-hydrogen) atoms. The molecule has 0 spiro atoms. The van der Waals surface area contributed by atoms with Crippen molar-refractivity contribution in [1.82, 2.24) is 0 Å². The van der Waals surface area contributed by atoms with Crippen molar-refractivity contribution in [2.75, 3.05) is 0 Å². The molecule has 0 aliphatic carbocycles. The Hall–Kier alpha value is -0.900. The second-order valence-electron chi connectivity index (χ2n) is 2.87. The Morgan fingerprint density at radius 1 is 1.50 bits per heavy atom. The number of carbonyl (C=O) groups excluding carboxylic acids is 1. The molecule has 72 valence electrons. The van der Waals surface area contributed by atoms with Crippen molar-refractivity contribution in [3.8, 4) is 0 Å². The summed E-state index contributed by atoms with van der Waals surface area (Å²) in [6.45, 7) is -0.00470. The first-order chi connectivity index (χ1) is 6.76. The minimum atomic E-state index is -0.00470. The highest BCUT2D eigenvalue weighted by Crippen LogP contribution is 2.31. The van der Waals surface area contributed by atoms with Crippen LogP contribution >= 0.6 is 22.9 Å². The summed E-state index contributed by atoms with van der Waals surface area (Å²) in [6, 6.07) is 5.41. The lowest BCUT2D eigenvalue weighted by molar-refractivity contribution is 0.112. The van der Waals surface area contributed by atoms with Gasteiger partial charge >= 0.3 is 0 Å². The van der Waals surface area contributed by atoms with Crippen LogP contribution in [-0.2, 0) is 6.61 Å². The zero-order valence-electron chi connectivity index (χ0n) is 7.16. The van der Waals surface area contributed by atoms with Crippen LogP contribution in [0, 0.1) is 0 Å². The van der Waals surface area contributed by atoms with Gasteiger partial charge in [0.15, 0.2) is 6.29 Å². The summed E-state index contributed by atoms with van der Waals surface area (Å²) in [4.78, 5) is 11.6. The lowest BCUT2D eigenvalue weighted by atomic mass is 10.2. The molecule has 2 rings (SSSR count). The minimum absolute atomic E-state index is 0.00470. The second kappa shape index (κ2) is 3.69. The summed E-state index contributed by atoms with van der Waals surface area (Å²) in [5, 5.41) is 10.4. The third-order valence-corrected chi connectivity index (χ3v) is 3.50. The second-order valence-corrected chi connectivity index (χ2v) is 4.41.